The van der Waals surface area contributed by atoms with E-state index in [9.17, 15) is 0 Å². The fourth-order valence-electron chi connectivity index (χ4n) is 7.86. The van der Waals surface area contributed by atoms with Crippen LogP contribution in [0.15, 0.2) is 121 Å². The van der Waals surface area contributed by atoms with Crippen molar-refractivity contribution in [3.05, 3.63) is 132 Å². The van der Waals surface area contributed by atoms with Gasteiger partial charge in [0.25, 0.3) is 0 Å². The molecule has 1 aliphatic carbocycles. The standard InChI is InChI=1S/C40H41N2/c1-39(2)35(41(5)33-25-23-29-17-8-10-19-31(29)37(33)39)21-12-22-36-40(3,4)38-32-20-11-9-18-30(32)24-26-34(38)42(36)27-13-16-28-14-6-7-15-28/h6-12,14-15,17-26,28H,13,16,27H2,1-5H3/q+1. The molecule has 2 nitrogen and oxygen atoms in total. The van der Waals surface area contributed by atoms with Gasteiger partial charge in [-0.3, -0.25) is 0 Å². The number of anilines is 1. The smallest absolute Gasteiger partial charge is 0.210 e. The maximum absolute atomic E-state index is 2.60. The van der Waals surface area contributed by atoms with Crippen LogP contribution in [-0.2, 0) is 10.8 Å². The first-order valence-electron chi connectivity index (χ1n) is 15.5. The summed E-state index contributed by atoms with van der Waals surface area (Å²) in [4.78, 5) is 2.60. The molecule has 0 radical (unpaired) electrons. The molecule has 0 bridgehead atoms. The fraction of sp³-hybridized carbons (Fsp3) is 0.275. The van der Waals surface area contributed by atoms with Gasteiger partial charge in [0.2, 0.25) is 5.69 Å². The molecule has 0 amide bonds. The molecule has 42 heavy (non-hydrogen) atoms. The van der Waals surface area contributed by atoms with Crippen molar-refractivity contribution in [2.75, 3.05) is 18.5 Å². The second-order valence-electron chi connectivity index (χ2n) is 13.2. The van der Waals surface area contributed by atoms with Crippen LogP contribution in [0.5, 0.6) is 0 Å². The monoisotopic (exact) mass is 549 g/mol. The van der Waals surface area contributed by atoms with Crippen LogP contribution in [0.1, 0.15) is 51.7 Å². The lowest BCUT2D eigenvalue weighted by Crippen LogP contribution is -2.28. The zero-order valence-electron chi connectivity index (χ0n) is 25.6. The highest BCUT2D eigenvalue weighted by Gasteiger charge is 2.44. The molecule has 2 heterocycles. The Morgan fingerprint density at radius 3 is 2.12 bits per heavy atom. The van der Waals surface area contributed by atoms with Crippen molar-refractivity contribution in [3.63, 3.8) is 0 Å². The Kier molecular flexibility index (Phi) is 6.35. The summed E-state index contributed by atoms with van der Waals surface area (Å²) in [7, 11) is 2.22. The van der Waals surface area contributed by atoms with Gasteiger partial charge in [0, 0.05) is 41.1 Å². The normalized spacial score (nSPS) is 19.7. The second-order valence-corrected chi connectivity index (χ2v) is 13.2. The van der Waals surface area contributed by atoms with Crippen molar-refractivity contribution < 1.29 is 4.58 Å². The Labute approximate surface area is 250 Å². The molecule has 210 valence electrons. The Morgan fingerprint density at radius 2 is 1.40 bits per heavy atom. The third kappa shape index (κ3) is 4.11. The number of fused-ring (bicyclic) bond motifs is 6. The van der Waals surface area contributed by atoms with Crippen LogP contribution >= 0.6 is 0 Å². The molecule has 0 N–H and O–H groups in total. The van der Waals surface area contributed by atoms with E-state index in [0.29, 0.717) is 5.92 Å². The Hall–Kier alpha value is -4.17. The van der Waals surface area contributed by atoms with Gasteiger partial charge < -0.3 is 4.90 Å². The lowest BCUT2D eigenvalue weighted by atomic mass is 9.79. The van der Waals surface area contributed by atoms with E-state index >= 15 is 0 Å². The van der Waals surface area contributed by atoms with Crippen molar-refractivity contribution in [2.24, 2.45) is 5.92 Å². The Morgan fingerprint density at radius 1 is 0.762 bits per heavy atom. The number of allylic oxidation sites excluding steroid dienone is 8. The summed E-state index contributed by atoms with van der Waals surface area (Å²) in [6, 6.07) is 26.9. The Bertz CT molecular complexity index is 1860. The minimum Gasteiger partial charge on any atom is -0.344 e. The van der Waals surface area contributed by atoms with Crippen molar-refractivity contribution in [1.29, 1.82) is 0 Å². The molecular weight excluding hydrogens is 508 g/mol. The van der Waals surface area contributed by atoms with Crippen LogP contribution in [-0.4, -0.2) is 23.9 Å². The molecule has 0 saturated carbocycles. The van der Waals surface area contributed by atoms with Crippen LogP contribution in [0.2, 0.25) is 0 Å². The summed E-state index contributed by atoms with van der Waals surface area (Å²) < 4.78 is 2.39. The summed E-state index contributed by atoms with van der Waals surface area (Å²) in [6.07, 6.45) is 18.4. The summed E-state index contributed by atoms with van der Waals surface area (Å²) in [5.41, 5.74) is 8.06. The van der Waals surface area contributed by atoms with E-state index in [2.05, 4.69) is 160 Å². The molecular formula is C40H41N2+. The van der Waals surface area contributed by atoms with Gasteiger partial charge >= 0.3 is 0 Å². The second kappa shape index (κ2) is 9.98. The van der Waals surface area contributed by atoms with Gasteiger partial charge in [-0.05, 0) is 77.9 Å². The zero-order valence-corrected chi connectivity index (χ0v) is 25.6. The van der Waals surface area contributed by atoms with Crippen LogP contribution in [0.25, 0.3) is 21.5 Å². The first-order valence-corrected chi connectivity index (χ1v) is 15.5. The topological polar surface area (TPSA) is 6.25 Å². The number of hydrogen-bond donors (Lipinski definition) is 0. The maximum Gasteiger partial charge on any atom is 0.210 e. The molecule has 4 aromatic carbocycles. The highest BCUT2D eigenvalue weighted by atomic mass is 15.2. The minimum absolute atomic E-state index is 0.0910. The van der Waals surface area contributed by atoms with Gasteiger partial charge in [-0.2, -0.15) is 4.58 Å². The third-order valence-electron chi connectivity index (χ3n) is 9.90. The third-order valence-corrected chi connectivity index (χ3v) is 9.90. The SMILES string of the molecule is C[N+]1=C(C=CC=C2N(CCCC3C=CC=C3)c3ccc4ccccc4c3C2(C)C)C(C)(C)c2c1ccc1ccccc21. The van der Waals surface area contributed by atoms with Gasteiger partial charge in [-0.25, -0.2) is 0 Å². The van der Waals surface area contributed by atoms with Crippen molar-refractivity contribution in [3.8, 4) is 0 Å². The van der Waals surface area contributed by atoms with Gasteiger partial charge in [-0.1, -0.05) is 98.8 Å². The lowest BCUT2D eigenvalue weighted by Gasteiger charge is -2.27. The average Bonchev–Trinajstić information content (AvgIpc) is 3.63. The number of hydrogen-bond acceptors (Lipinski definition) is 1. The van der Waals surface area contributed by atoms with Crippen molar-refractivity contribution >= 4 is 38.6 Å². The molecule has 0 spiro atoms. The minimum atomic E-state index is -0.103. The predicted octanol–water partition coefficient (Wildman–Crippen LogP) is 9.76. The van der Waals surface area contributed by atoms with Crippen molar-refractivity contribution in [2.45, 2.75) is 51.4 Å². The quantitative estimate of drug-likeness (QED) is 0.217. The first kappa shape index (κ1) is 26.7. The lowest BCUT2D eigenvalue weighted by molar-refractivity contribution is -0.401. The van der Waals surface area contributed by atoms with Gasteiger partial charge in [0.15, 0.2) is 5.71 Å². The van der Waals surface area contributed by atoms with E-state index in [4.69, 9.17) is 0 Å². The molecule has 0 aromatic heterocycles. The molecule has 2 aliphatic heterocycles. The first-order chi connectivity index (χ1) is 20.3. The van der Waals surface area contributed by atoms with E-state index < -0.39 is 0 Å². The van der Waals surface area contributed by atoms with Crippen LogP contribution < -0.4 is 4.90 Å². The molecule has 0 fully saturated rings. The van der Waals surface area contributed by atoms with Crippen LogP contribution in [0.3, 0.4) is 0 Å². The highest BCUT2D eigenvalue weighted by Crippen LogP contribution is 2.51. The summed E-state index contributed by atoms with van der Waals surface area (Å²) >= 11 is 0. The summed E-state index contributed by atoms with van der Waals surface area (Å²) in [5.74, 6) is 0.568. The van der Waals surface area contributed by atoms with Gasteiger partial charge in [-0.15, -0.1) is 0 Å². The predicted molar refractivity (Wildman–Crippen MR) is 180 cm³/mol. The van der Waals surface area contributed by atoms with Crippen molar-refractivity contribution in [1.82, 2.24) is 0 Å². The molecule has 0 unspecified atom stereocenters. The van der Waals surface area contributed by atoms with Crippen LogP contribution in [0, 0.1) is 5.92 Å². The number of benzene rings is 4. The van der Waals surface area contributed by atoms with E-state index in [0.717, 1.165) is 13.0 Å². The summed E-state index contributed by atoms with van der Waals surface area (Å²) in [5, 5.41) is 5.34. The molecule has 0 atom stereocenters. The van der Waals surface area contributed by atoms with E-state index in [-0.39, 0.29) is 10.8 Å². The summed E-state index contributed by atoms with van der Waals surface area (Å²) in [6.45, 7) is 10.6. The molecule has 7 rings (SSSR count). The number of rotatable bonds is 6. The van der Waals surface area contributed by atoms with Gasteiger partial charge in [0.05, 0.1) is 5.41 Å². The largest absolute Gasteiger partial charge is 0.344 e. The van der Waals surface area contributed by atoms with Crippen LogP contribution in [0.4, 0.5) is 11.4 Å². The zero-order chi connectivity index (χ0) is 29.1. The fourth-order valence-corrected chi connectivity index (χ4v) is 7.86. The van der Waals surface area contributed by atoms with Gasteiger partial charge in [0.1, 0.15) is 7.05 Å². The highest BCUT2D eigenvalue weighted by molar-refractivity contribution is 6.07. The molecule has 4 aromatic rings. The molecule has 3 aliphatic rings. The average molecular weight is 550 g/mol. The number of nitrogens with zero attached hydrogens (tertiary/aromatic N) is 2. The molecule has 2 heteroatoms. The van der Waals surface area contributed by atoms with E-state index in [1.54, 1.807) is 0 Å². The van der Waals surface area contributed by atoms with E-state index in [1.807, 2.05) is 0 Å². The Balaban J connectivity index is 1.27. The van der Waals surface area contributed by atoms with E-state index in [1.165, 1.54) is 61.9 Å². The molecule has 0 saturated heterocycles. The maximum atomic E-state index is 2.60.